The minimum Gasteiger partial charge on any atom is -0.309 e. The molecule has 6 heteroatoms. The van der Waals surface area contributed by atoms with Gasteiger partial charge in [-0.3, -0.25) is 0 Å². The summed E-state index contributed by atoms with van der Waals surface area (Å²) in [5, 5.41) is 7.58. The van der Waals surface area contributed by atoms with Gasteiger partial charge in [0.25, 0.3) is 0 Å². The molecule has 1 fully saturated rings. The second-order valence-corrected chi connectivity index (χ2v) is 6.02. The predicted molar refractivity (Wildman–Crippen MR) is 72.9 cm³/mol. The second kappa shape index (κ2) is 5.03. The van der Waals surface area contributed by atoms with Gasteiger partial charge in [-0.05, 0) is 58.5 Å². The van der Waals surface area contributed by atoms with Crippen LogP contribution in [-0.2, 0) is 6.54 Å². The molecule has 0 atom stereocenters. The SMILES string of the molecule is Fc1ccc(-c2nnsc2CNC2CC2)cc1Br. The highest BCUT2D eigenvalue weighted by Crippen LogP contribution is 2.28. The molecule has 18 heavy (non-hydrogen) atoms. The number of rotatable bonds is 4. The summed E-state index contributed by atoms with van der Waals surface area (Å²) in [6.07, 6.45) is 2.51. The molecule has 0 radical (unpaired) electrons. The van der Waals surface area contributed by atoms with Crippen molar-refractivity contribution in [1.29, 1.82) is 0 Å². The molecule has 0 saturated heterocycles. The van der Waals surface area contributed by atoms with Crippen LogP contribution in [0.1, 0.15) is 17.7 Å². The zero-order chi connectivity index (χ0) is 12.5. The van der Waals surface area contributed by atoms with E-state index in [2.05, 4.69) is 30.8 Å². The summed E-state index contributed by atoms with van der Waals surface area (Å²) in [4.78, 5) is 1.10. The van der Waals surface area contributed by atoms with Crippen LogP contribution in [0, 0.1) is 5.82 Å². The Hall–Kier alpha value is -0.850. The molecular weight excluding hydrogens is 317 g/mol. The van der Waals surface area contributed by atoms with Crippen LogP contribution in [0.5, 0.6) is 0 Å². The number of halogens is 2. The quantitative estimate of drug-likeness (QED) is 0.935. The minimum atomic E-state index is -0.264. The van der Waals surface area contributed by atoms with Crippen molar-refractivity contribution in [3.8, 4) is 11.3 Å². The molecular formula is C12H11BrFN3S. The van der Waals surface area contributed by atoms with E-state index >= 15 is 0 Å². The van der Waals surface area contributed by atoms with Gasteiger partial charge in [0.1, 0.15) is 11.5 Å². The lowest BCUT2D eigenvalue weighted by molar-refractivity contribution is 0.621. The lowest BCUT2D eigenvalue weighted by Gasteiger charge is -2.03. The summed E-state index contributed by atoms with van der Waals surface area (Å²) in [5.74, 6) is -0.264. The number of nitrogens with zero attached hydrogens (tertiary/aromatic N) is 2. The summed E-state index contributed by atoms with van der Waals surface area (Å²) in [6.45, 7) is 0.784. The number of hydrogen-bond acceptors (Lipinski definition) is 4. The highest BCUT2D eigenvalue weighted by Gasteiger charge is 2.21. The third kappa shape index (κ3) is 2.60. The van der Waals surface area contributed by atoms with Crippen LogP contribution in [0.15, 0.2) is 22.7 Å². The molecule has 1 saturated carbocycles. The predicted octanol–water partition coefficient (Wildman–Crippen LogP) is 3.36. The van der Waals surface area contributed by atoms with Crippen LogP contribution >= 0.6 is 27.5 Å². The molecule has 94 valence electrons. The highest BCUT2D eigenvalue weighted by molar-refractivity contribution is 9.10. The molecule has 1 aromatic heterocycles. The number of nitrogens with one attached hydrogen (secondary N) is 1. The molecule has 1 aromatic carbocycles. The van der Waals surface area contributed by atoms with Gasteiger partial charge < -0.3 is 5.32 Å². The first-order chi connectivity index (χ1) is 8.74. The Morgan fingerprint density at radius 2 is 2.28 bits per heavy atom. The van der Waals surface area contributed by atoms with E-state index in [0.717, 1.165) is 22.7 Å². The fraction of sp³-hybridized carbons (Fsp3) is 0.333. The van der Waals surface area contributed by atoms with Crippen molar-refractivity contribution in [3.63, 3.8) is 0 Å². The summed E-state index contributed by atoms with van der Waals surface area (Å²) in [5.41, 5.74) is 1.73. The molecule has 0 aliphatic heterocycles. The molecule has 0 bridgehead atoms. The molecule has 3 rings (SSSR count). The van der Waals surface area contributed by atoms with Crippen LogP contribution in [-0.4, -0.2) is 15.6 Å². The summed E-state index contributed by atoms with van der Waals surface area (Å²) >= 11 is 4.58. The van der Waals surface area contributed by atoms with Gasteiger partial charge in [0.05, 0.1) is 9.35 Å². The maximum absolute atomic E-state index is 13.2. The lowest BCUT2D eigenvalue weighted by atomic mass is 10.1. The van der Waals surface area contributed by atoms with E-state index in [1.165, 1.54) is 30.4 Å². The van der Waals surface area contributed by atoms with Crippen LogP contribution in [0.2, 0.25) is 0 Å². The van der Waals surface area contributed by atoms with E-state index in [9.17, 15) is 4.39 Å². The Balaban J connectivity index is 1.85. The molecule has 1 heterocycles. The van der Waals surface area contributed by atoms with Crippen molar-refractivity contribution in [2.45, 2.75) is 25.4 Å². The molecule has 1 aliphatic carbocycles. The molecule has 0 unspecified atom stereocenters. The zero-order valence-electron chi connectivity index (χ0n) is 9.49. The van der Waals surface area contributed by atoms with Gasteiger partial charge in [0.2, 0.25) is 0 Å². The third-order valence-electron chi connectivity index (χ3n) is 2.88. The maximum atomic E-state index is 13.2. The average Bonchev–Trinajstić information content (AvgIpc) is 3.08. The third-order valence-corrected chi connectivity index (χ3v) is 4.21. The van der Waals surface area contributed by atoms with Gasteiger partial charge >= 0.3 is 0 Å². The fourth-order valence-electron chi connectivity index (χ4n) is 1.71. The zero-order valence-corrected chi connectivity index (χ0v) is 11.9. The Labute approximate surface area is 117 Å². The topological polar surface area (TPSA) is 37.8 Å². The maximum Gasteiger partial charge on any atom is 0.137 e. The molecule has 1 N–H and O–H groups in total. The summed E-state index contributed by atoms with van der Waals surface area (Å²) in [6, 6.07) is 5.57. The number of aromatic nitrogens is 2. The second-order valence-electron chi connectivity index (χ2n) is 4.33. The van der Waals surface area contributed by atoms with Gasteiger partial charge in [-0.2, -0.15) is 0 Å². The minimum absolute atomic E-state index is 0.264. The van der Waals surface area contributed by atoms with E-state index < -0.39 is 0 Å². The van der Waals surface area contributed by atoms with Crippen molar-refractivity contribution in [2.75, 3.05) is 0 Å². The van der Waals surface area contributed by atoms with Gasteiger partial charge in [-0.1, -0.05) is 4.49 Å². The normalized spacial score (nSPS) is 15.0. The van der Waals surface area contributed by atoms with E-state index in [-0.39, 0.29) is 5.82 Å². The van der Waals surface area contributed by atoms with Crippen molar-refractivity contribution >= 4 is 27.5 Å². The van der Waals surface area contributed by atoms with E-state index in [1.54, 1.807) is 12.1 Å². The first-order valence-corrected chi connectivity index (χ1v) is 7.30. The van der Waals surface area contributed by atoms with Crippen molar-refractivity contribution < 1.29 is 4.39 Å². The largest absolute Gasteiger partial charge is 0.309 e. The van der Waals surface area contributed by atoms with Crippen LogP contribution < -0.4 is 5.32 Å². The van der Waals surface area contributed by atoms with E-state index in [0.29, 0.717) is 10.5 Å². The number of benzene rings is 1. The van der Waals surface area contributed by atoms with Crippen LogP contribution in [0.3, 0.4) is 0 Å². The summed E-state index contributed by atoms with van der Waals surface area (Å²) < 4.78 is 17.7. The Morgan fingerprint density at radius 1 is 1.44 bits per heavy atom. The van der Waals surface area contributed by atoms with Crippen molar-refractivity contribution in [2.24, 2.45) is 0 Å². The molecule has 3 nitrogen and oxygen atoms in total. The molecule has 2 aromatic rings. The first-order valence-electron chi connectivity index (χ1n) is 5.74. The molecule has 0 spiro atoms. The Bertz CT molecular complexity index is 568. The van der Waals surface area contributed by atoms with Crippen LogP contribution in [0.25, 0.3) is 11.3 Å². The smallest absolute Gasteiger partial charge is 0.137 e. The Kier molecular flexibility index (Phi) is 3.41. The van der Waals surface area contributed by atoms with E-state index in [1.807, 2.05) is 0 Å². The molecule has 0 amide bonds. The lowest BCUT2D eigenvalue weighted by Crippen LogP contribution is -2.14. The van der Waals surface area contributed by atoms with Crippen molar-refractivity contribution in [3.05, 3.63) is 33.4 Å². The number of hydrogen-bond donors (Lipinski definition) is 1. The fourth-order valence-corrected chi connectivity index (χ4v) is 2.71. The standard InChI is InChI=1S/C12H11BrFN3S/c13-9-5-7(1-4-10(9)14)12-11(18-17-16-12)6-15-8-2-3-8/h1,4-5,8,15H,2-3,6H2. The first kappa shape index (κ1) is 12.2. The van der Waals surface area contributed by atoms with Crippen molar-refractivity contribution in [1.82, 2.24) is 14.9 Å². The molecule has 1 aliphatic rings. The highest BCUT2D eigenvalue weighted by atomic mass is 79.9. The van der Waals surface area contributed by atoms with Gasteiger partial charge in [0, 0.05) is 18.2 Å². The Morgan fingerprint density at radius 3 is 3.00 bits per heavy atom. The van der Waals surface area contributed by atoms with Gasteiger partial charge in [0.15, 0.2) is 0 Å². The monoisotopic (exact) mass is 327 g/mol. The van der Waals surface area contributed by atoms with Gasteiger partial charge in [-0.25, -0.2) is 4.39 Å². The van der Waals surface area contributed by atoms with E-state index in [4.69, 9.17) is 0 Å². The average molecular weight is 328 g/mol. The van der Waals surface area contributed by atoms with Gasteiger partial charge in [-0.15, -0.1) is 5.10 Å². The summed E-state index contributed by atoms with van der Waals surface area (Å²) in [7, 11) is 0. The van der Waals surface area contributed by atoms with Crippen LogP contribution in [0.4, 0.5) is 4.39 Å².